The number of carbonyl (C=O) groups excluding carboxylic acids is 1. The minimum absolute atomic E-state index is 0.0197. The van der Waals surface area contributed by atoms with E-state index in [4.69, 9.17) is 0 Å². The van der Waals surface area contributed by atoms with Crippen LogP contribution in [0, 0.1) is 19.7 Å². The number of hydrogen-bond acceptors (Lipinski definition) is 3. The highest BCUT2D eigenvalue weighted by Crippen LogP contribution is 2.17. The van der Waals surface area contributed by atoms with Gasteiger partial charge in [0.1, 0.15) is 5.82 Å². The van der Waals surface area contributed by atoms with Crippen molar-refractivity contribution < 1.29 is 17.6 Å². The second-order valence-electron chi connectivity index (χ2n) is 5.82. The van der Waals surface area contributed by atoms with Gasteiger partial charge in [0.25, 0.3) is 0 Å². The van der Waals surface area contributed by atoms with Crippen LogP contribution in [0.15, 0.2) is 47.4 Å². The van der Waals surface area contributed by atoms with Gasteiger partial charge >= 0.3 is 0 Å². The molecule has 0 saturated heterocycles. The highest BCUT2D eigenvalue weighted by molar-refractivity contribution is 7.89. The molecule has 1 N–H and O–H groups in total. The van der Waals surface area contributed by atoms with Crippen LogP contribution in [0.2, 0.25) is 0 Å². The quantitative estimate of drug-likeness (QED) is 0.857. The molecule has 5 nitrogen and oxygen atoms in total. The van der Waals surface area contributed by atoms with Crippen molar-refractivity contribution in [2.45, 2.75) is 25.7 Å². The van der Waals surface area contributed by atoms with Gasteiger partial charge in [-0.25, -0.2) is 17.5 Å². The second-order valence-corrected chi connectivity index (χ2v) is 7.55. The number of halogens is 1. The molecule has 25 heavy (non-hydrogen) atoms. The maximum Gasteiger partial charge on any atom is 0.240 e. The average molecular weight is 364 g/mol. The third-order valence-corrected chi connectivity index (χ3v) is 5.36. The molecule has 0 aliphatic heterocycles. The van der Waals surface area contributed by atoms with E-state index in [-0.39, 0.29) is 23.9 Å². The first-order chi connectivity index (χ1) is 11.7. The van der Waals surface area contributed by atoms with E-state index in [0.29, 0.717) is 11.3 Å². The summed E-state index contributed by atoms with van der Waals surface area (Å²) in [5.74, 6) is -0.753. The summed E-state index contributed by atoms with van der Waals surface area (Å²) >= 11 is 0. The summed E-state index contributed by atoms with van der Waals surface area (Å²) < 4.78 is 40.8. The zero-order valence-electron chi connectivity index (χ0n) is 14.4. The van der Waals surface area contributed by atoms with Crippen molar-refractivity contribution in [2.24, 2.45) is 0 Å². The lowest BCUT2D eigenvalue weighted by atomic mass is 10.2. The van der Waals surface area contributed by atoms with Crippen LogP contribution < -0.4 is 9.62 Å². The van der Waals surface area contributed by atoms with E-state index >= 15 is 0 Å². The molecule has 0 fully saturated rings. The summed E-state index contributed by atoms with van der Waals surface area (Å²) in [5, 5.41) is 0. The van der Waals surface area contributed by atoms with E-state index in [1.165, 1.54) is 30.0 Å². The zero-order chi connectivity index (χ0) is 18.6. The fourth-order valence-electron chi connectivity index (χ4n) is 2.48. The van der Waals surface area contributed by atoms with E-state index in [1.54, 1.807) is 25.1 Å². The molecule has 1 amide bonds. The van der Waals surface area contributed by atoms with E-state index in [9.17, 15) is 17.6 Å². The molecule has 0 heterocycles. The average Bonchev–Trinajstić information content (AvgIpc) is 2.53. The van der Waals surface area contributed by atoms with E-state index in [2.05, 4.69) is 4.72 Å². The van der Waals surface area contributed by atoms with Gasteiger partial charge < -0.3 is 4.90 Å². The fourth-order valence-corrected chi connectivity index (χ4v) is 3.83. The fraction of sp³-hybridized carbons (Fsp3) is 0.278. The van der Waals surface area contributed by atoms with Crippen LogP contribution in [0.1, 0.15) is 18.1 Å². The number of nitrogens with one attached hydrogen (secondary N) is 1. The Morgan fingerprint density at radius 3 is 2.52 bits per heavy atom. The molecule has 0 radical (unpaired) electrons. The van der Waals surface area contributed by atoms with Crippen LogP contribution in [0.3, 0.4) is 0 Å². The normalized spacial score (nSPS) is 11.4. The first-order valence-corrected chi connectivity index (χ1v) is 9.29. The monoisotopic (exact) mass is 364 g/mol. The predicted molar refractivity (Wildman–Crippen MR) is 95.5 cm³/mol. The highest BCUT2D eigenvalue weighted by Gasteiger charge is 2.18. The van der Waals surface area contributed by atoms with Crippen molar-refractivity contribution in [3.8, 4) is 0 Å². The smallest absolute Gasteiger partial charge is 0.240 e. The summed E-state index contributed by atoms with van der Waals surface area (Å²) in [5.41, 5.74) is 1.88. The van der Waals surface area contributed by atoms with Crippen LogP contribution >= 0.6 is 0 Å². The van der Waals surface area contributed by atoms with Crippen LogP contribution in [0.4, 0.5) is 10.1 Å². The van der Waals surface area contributed by atoms with Crippen LogP contribution in [0.5, 0.6) is 0 Å². The SMILES string of the molecule is CC(=O)N(CCNS(=O)(=O)c1cc(C)ccc1C)c1cccc(F)c1. The van der Waals surface area contributed by atoms with E-state index < -0.39 is 15.8 Å². The molecule has 0 aliphatic rings. The van der Waals surface area contributed by atoms with Gasteiger partial charge in [0.05, 0.1) is 4.90 Å². The molecular formula is C18H21FN2O3S. The van der Waals surface area contributed by atoms with Gasteiger partial charge in [-0.3, -0.25) is 4.79 Å². The molecule has 0 aromatic heterocycles. The molecule has 0 saturated carbocycles. The molecule has 134 valence electrons. The lowest BCUT2D eigenvalue weighted by Gasteiger charge is -2.21. The van der Waals surface area contributed by atoms with Gasteiger partial charge in [0, 0.05) is 25.7 Å². The van der Waals surface area contributed by atoms with E-state index in [1.807, 2.05) is 13.0 Å². The van der Waals surface area contributed by atoms with Crippen molar-refractivity contribution in [2.75, 3.05) is 18.0 Å². The van der Waals surface area contributed by atoms with Crippen molar-refractivity contribution in [3.05, 3.63) is 59.4 Å². The standard InChI is InChI=1S/C18H21FN2O3S/c1-13-7-8-14(2)18(11-13)25(23,24)20-9-10-21(15(3)22)17-6-4-5-16(19)12-17/h4-8,11-12,20H,9-10H2,1-3H3. The molecule has 0 spiro atoms. The zero-order valence-corrected chi connectivity index (χ0v) is 15.2. The number of carbonyl (C=O) groups is 1. The Labute approximate surface area is 147 Å². The first kappa shape index (κ1) is 19.1. The Hall–Kier alpha value is -2.25. The van der Waals surface area contributed by atoms with Crippen molar-refractivity contribution in [1.29, 1.82) is 0 Å². The van der Waals surface area contributed by atoms with E-state index in [0.717, 1.165) is 5.56 Å². The number of anilines is 1. The van der Waals surface area contributed by atoms with Gasteiger partial charge in [-0.2, -0.15) is 0 Å². The number of aryl methyl sites for hydroxylation is 2. The topological polar surface area (TPSA) is 66.5 Å². The molecule has 2 rings (SSSR count). The second kappa shape index (κ2) is 7.76. The van der Waals surface area contributed by atoms with Crippen LogP contribution in [-0.4, -0.2) is 27.4 Å². The van der Waals surface area contributed by atoms with Crippen molar-refractivity contribution in [1.82, 2.24) is 4.72 Å². The number of amides is 1. The molecule has 7 heteroatoms. The maximum absolute atomic E-state index is 13.4. The third-order valence-electron chi connectivity index (χ3n) is 3.76. The Kier molecular flexibility index (Phi) is 5.92. The number of nitrogens with zero attached hydrogens (tertiary/aromatic N) is 1. The number of benzene rings is 2. The Morgan fingerprint density at radius 2 is 1.88 bits per heavy atom. The number of rotatable bonds is 6. The Balaban J connectivity index is 2.11. The minimum Gasteiger partial charge on any atom is -0.311 e. The molecule has 0 bridgehead atoms. The summed E-state index contributed by atoms with van der Waals surface area (Å²) in [6, 6.07) is 10.8. The number of sulfonamides is 1. The van der Waals surface area contributed by atoms with Gasteiger partial charge in [0.2, 0.25) is 15.9 Å². The Morgan fingerprint density at radius 1 is 1.16 bits per heavy atom. The minimum atomic E-state index is -3.69. The van der Waals surface area contributed by atoms with Crippen molar-refractivity contribution in [3.63, 3.8) is 0 Å². The van der Waals surface area contributed by atoms with Gasteiger partial charge in [-0.15, -0.1) is 0 Å². The summed E-state index contributed by atoms with van der Waals surface area (Å²) in [4.78, 5) is 13.3. The molecular weight excluding hydrogens is 343 g/mol. The molecule has 2 aromatic rings. The number of hydrogen-bond donors (Lipinski definition) is 1. The highest BCUT2D eigenvalue weighted by atomic mass is 32.2. The van der Waals surface area contributed by atoms with Gasteiger partial charge in [-0.1, -0.05) is 18.2 Å². The van der Waals surface area contributed by atoms with Crippen molar-refractivity contribution >= 4 is 21.6 Å². The lowest BCUT2D eigenvalue weighted by Crippen LogP contribution is -2.37. The molecule has 0 aliphatic carbocycles. The molecule has 0 unspecified atom stereocenters. The summed E-state index contributed by atoms with van der Waals surface area (Å²) in [6.07, 6.45) is 0. The third kappa shape index (κ3) is 4.87. The molecule has 2 aromatic carbocycles. The Bertz CT molecular complexity index is 882. The first-order valence-electron chi connectivity index (χ1n) is 7.81. The van der Waals surface area contributed by atoms with Crippen LogP contribution in [-0.2, 0) is 14.8 Å². The maximum atomic E-state index is 13.4. The predicted octanol–water partition coefficient (Wildman–Crippen LogP) is 2.77. The van der Waals surface area contributed by atoms with Crippen LogP contribution in [0.25, 0.3) is 0 Å². The molecule has 0 atom stereocenters. The summed E-state index contributed by atoms with van der Waals surface area (Å²) in [7, 11) is -3.69. The van der Waals surface area contributed by atoms with Gasteiger partial charge in [-0.05, 0) is 49.2 Å². The largest absolute Gasteiger partial charge is 0.311 e. The summed E-state index contributed by atoms with van der Waals surface area (Å²) in [6.45, 7) is 5.02. The van der Waals surface area contributed by atoms with Gasteiger partial charge in [0.15, 0.2) is 0 Å². The lowest BCUT2D eigenvalue weighted by molar-refractivity contribution is -0.116.